The van der Waals surface area contributed by atoms with Crippen molar-refractivity contribution in [2.75, 3.05) is 0 Å². The monoisotopic (exact) mass is 181 g/mol. The van der Waals surface area contributed by atoms with Crippen LogP contribution in [0.3, 0.4) is 0 Å². The van der Waals surface area contributed by atoms with Crippen molar-refractivity contribution >= 4 is 0 Å². The maximum atomic E-state index is 5.30. The van der Waals surface area contributed by atoms with Gasteiger partial charge in [0.25, 0.3) is 0 Å². The summed E-state index contributed by atoms with van der Waals surface area (Å²) >= 11 is 0. The van der Waals surface area contributed by atoms with Crippen LogP contribution in [0.15, 0.2) is 10.6 Å². The molecule has 1 aromatic rings. The third-order valence-corrected chi connectivity index (χ3v) is 2.38. The molecule has 2 nitrogen and oxygen atoms in total. The second-order valence-electron chi connectivity index (χ2n) is 4.68. The molecule has 0 aliphatic carbocycles. The van der Waals surface area contributed by atoms with E-state index in [1.54, 1.807) is 0 Å². The molecule has 0 saturated heterocycles. The van der Waals surface area contributed by atoms with Gasteiger partial charge in [0.15, 0.2) is 0 Å². The standard InChI is InChI=1S/C11H19NO/c1-6-8(2)9-7-10(13-12-9)11(3,4)5/h7-8H,6H2,1-5H3. The minimum absolute atomic E-state index is 0.0682. The molecular weight excluding hydrogens is 162 g/mol. The summed E-state index contributed by atoms with van der Waals surface area (Å²) in [5, 5.41) is 4.08. The SMILES string of the molecule is CCC(C)c1cc(C(C)(C)C)on1. The van der Waals surface area contributed by atoms with E-state index in [1.165, 1.54) is 0 Å². The quantitative estimate of drug-likeness (QED) is 0.698. The van der Waals surface area contributed by atoms with Crippen LogP contribution in [0.5, 0.6) is 0 Å². The molecule has 0 bridgehead atoms. The third-order valence-electron chi connectivity index (χ3n) is 2.38. The number of hydrogen-bond acceptors (Lipinski definition) is 2. The Bertz CT molecular complexity index is 270. The van der Waals surface area contributed by atoms with Gasteiger partial charge in [0.2, 0.25) is 0 Å². The Hall–Kier alpha value is -0.790. The molecule has 1 heterocycles. The Kier molecular flexibility index (Phi) is 2.79. The van der Waals surface area contributed by atoms with Crippen LogP contribution in [-0.2, 0) is 5.41 Å². The van der Waals surface area contributed by atoms with E-state index in [0.717, 1.165) is 17.9 Å². The number of nitrogens with zero attached hydrogens (tertiary/aromatic N) is 1. The van der Waals surface area contributed by atoms with Crippen LogP contribution in [0.25, 0.3) is 0 Å². The molecule has 0 aliphatic heterocycles. The first-order chi connectivity index (χ1) is 5.95. The summed E-state index contributed by atoms with van der Waals surface area (Å²) in [5.74, 6) is 1.47. The number of hydrogen-bond donors (Lipinski definition) is 0. The minimum Gasteiger partial charge on any atom is -0.361 e. The van der Waals surface area contributed by atoms with Crippen LogP contribution in [0.2, 0.25) is 0 Å². The van der Waals surface area contributed by atoms with E-state index in [9.17, 15) is 0 Å². The van der Waals surface area contributed by atoms with E-state index in [2.05, 4.69) is 45.8 Å². The molecular formula is C11H19NO. The predicted molar refractivity (Wildman–Crippen MR) is 53.9 cm³/mol. The first-order valence-corrected chi connectivity index (χ1v) is 4.92. The first kappa shape index (κ1) is 10.3. The third kappa shape index (κ3) is 2.33. The minimum atomic E-state index is 0.0682. The lowest BCUT2D eigenvalue weighted by Gasteiger charge is -2.12. The van der Waals surface area contributed by atoms with Gasteiger partial charge in [0.1, 0.15) is 5.76 Å². The summed E-state index contributed by atoms with van der Waals surface area (Å²) in [6.07, 6.45) is 1.11. The van der Waals surface area contributed by atoms with Crippen LogP contribution in [0.4, 0.5) is 0 Å². The highest BCUT2D eigenvalue weighted by atomic mass is 16.5. The zero-order chi connectivity index (χ0) is 10.1. The molecule has 2 heteroatoms. The fraction of sp³-hybridized carbons (Fsp3) is 0.727. The molecule has 0 saturated carbocycles. The fourth-order valence-electron chi connectivity index (χ4n) is 1.08. The highest BCUT2D eigenvalue weighted by Crippen LogP contribution is 2.26. The zero-order valence-electron chi connectivity index (χ0n) is 9.22. The molecule has 0 amide bonds. The number of rotatable bonds is 2. The maximum absolute atomic E-state index is 5.30. The van der Waals surface area contributed by atoms with Crippen molar-refractivity contribution in [1.29, 1.82) is 0 Å². The Labute approximate surface area is 80.3 Å². The molecule has 1 rings (SSSR count). The van der Waals surface area contributed by atoms with Gasteiger partial charge in [-0.25, -0.2) is 0 Å². The molecule has 0 aliphatic rings. The van der Waals surface area contributed by atoms with E-state index in [4.69, 9.17) is 4.52 Å². The molecule has 1 atom stereocenters. The summed E-state index contributed by atoms with van der Waals surface area (Å²) in [5.41, 5.74) is 1.14. The van der Waals surface area contributed by atoms with Crippen molar-refractivity contribution in [1.82, 2.24) is 5.16 Å². The molecule has 74 valence electrons. The van der Waals surface area contributed by atoms with Crippen LogP contribution in [0, 0.1) is 0 Å². The van der Waals surface area contributed by atoms with Crippen LogP contribution in [-0.4, -0.2) is 5.16 Å². The van der Waals surface area contributed by atoms with Crippen molar-refractivity contribution in [3.05, 3.63) is 17.5 Å². The van der Waals surface area contributed by atoms with E-state index in [-0.39, 0.29) is 5.41 Å². The lowest BCUT2D eigenvalue weighted by Crippen LogP contribution is -2.09. The summed E-state index contributed by atoms with van der Waals surface area (Å²) in [6, 6.07) is 2.08. The summed E-state index contributed by atoms with van der Waals surface area (Å²) in [4.78, 5) is 0. The lowest BCUT2D eigenvalue weighted by atomic mass is 9.92. The van der Waals surface area contributed by atoms with E-state index in [0.29, 0.717) is 5.92 Å². The van der Waals surface area contributed by atoms with Gasteiger partial charge < -0.3 is 4.52 Å². The Morgan fingerprint density at radius 2 is 2.08 bits per heavy atom. The number of aromatic nitrogens is 1. The normalized spacial score (nSPS) is 14.5. The molecule has 0 radical (unpaired) electrons. The van der Waals surface area contributed by atoms with Crippen molar-refractivity contribution in [2.45, 2.75) is 52.4 Å². The van der Waals surface area contributed by atoms with Crippen molar-refractivity contribution < 1.29 is 4.52 Å². The molecule has 1 unspecified atom stereocenters. The van der Waals surface area contributed by atoms with Gasteiger partial charge in [0.05, 0.1) is 5.69 Å². The Morgan fingerprint density at radius 3 is 2.46 bits per heavy atom. The average Bonchev–Trinajstić information content (AvgIpc) is 2.50. The van der Waals surface area contributed by atoms with Gasteiger partial charge in [-0.3, -0.25) is 0 Å². The largest absolute Gasteiger partial charge is 0.361 e. The summed E-state index contributed by atoms with van der Waals surface area (Å²) in [6.45, 7) is 10.7. The van der Waals surface area contributed by atoms with Crippen LogP contribution < -0.4 is 0 Å². The van der Waals surface area contributed by atoms with Crippen molar-refractivity contribution in [3.63, 3.8) is 0 Å². The second-order valence-corrected chi connectivity index (χ2v) is 4.68. The second kappa shape index (κ2) is 3.52. The summed E-state index contributed by atoms with van der Waals surface area (Å²) < 4.78 is 5.30. The highest BCUT2D eigenvalue weighted by Gasteiger charge is 2.20. The first-order valence-electron chi connectivity index (χ1n) is 4.92. The van der Waals surface area contributed by atoms with Crippen LogP contribution >= 0.6 is 0 Å². The molecule has 1 aromatic heterocycles. The lowest BCUT2D eigenvalue weighted by molar-refractivity contribution is 0.324. The van der Waals surface area contributed by atoms with E-state index in [1.807, 2.05) is 0 Å². The Morgan fingerprint density at radius 1 is 1.46 bits per heavy atom. The average molecular weight is 181 g/mol. The van der Waals surface area contributed by atoms with Crippen molar-refractivity contribution in [2.24, 2.45) is 0 Å². The highest BCUT2D eigenvalue weighted by molar-refractivity contribution is 5.15. The topological polar surface area (TPSA) is 26.0 Å². The predicted octanol–water partition coefficient (Wildman–Crippen LogP) is 3.49. The van der Waals surface area contributed by atoms with Crippen LogP contribution in [0.1, 0.15) is 58.4 Å². The zero-order valence-corrected chi connectivity index (χ0v) is 9.22. The van der Waals surface area contributed by atoms with E-state index < -0.39 is 0 Å². The van der Waals surface area contributed by atoms with Gasteiger partial charge >= 0.3 is 0 Å². The van der Waals surface area contributed by atoms with Gasteiger partial charge in [-0.15, -0.1) is 0 Å². The molecule has 0 fully saturated rings. The van der Waals surface area contributed by atoms with Gasteiger partial charge in [-0.1, -0.05) is 39.8 Å². The van der Waals surface area contributed by atoms with Gasteiger partial charge in [-0.05, 0) is 6.42 Å². The summed E-state index contributed by atoms with van der Waals surface area (Å²) in [7, 11) is 0. The van der Waals surface area contributed by atoms with E-state index >= 15 is 0 Å². The van der Waals surface area contributed by atoms with Gasteiger partial charge in [0, 0.05) is 17.4 Å². The van der Waals surface area contributed by atoms with Gasteiger partial charge in [-0.2, -0.15) is 0 Å². The molecule has 0 N–H and O–H groups in total. The molecule has 0 spiro atoms. The fourth-order valence-corrected chi connectivity index (χ4v) is 1.08. The Balaban J connectivity index is 2.87. The molecule has 0 aromatic carbocycles. The molecule has 13 heavy (non-hydrogen) atoms. The maximum Gasteiger partial charge on any atom is 0.142 e. The van der Waals surface area contributed by atoms with Crippen molar-refractivity contribution in [3.8, 4) is 0 Å². The smallest absolute Gasteiger partial charge is 0.142 e.